The maximum absolute atomic E-state index is 12.4. The highest BCUT2D eigenvalue weighted by atomic mass is 32.2. The van der Waals surface area contributed by atoms with E-state index in [2.05, 4.69) is 22.5 Å². The zero-order chi connectivity index (χ0) is 23.5. The number of nitrogens with one attached hydrogen (secondary N) is 3. The molecule has 2 amide bonds. The molecule has 0 fully saturated rings. The summed E-state index contributed by atoms with van der Waals surface area (Å²) >= 11 is 1.48. The summed E-state index contributed by atoms with van der Waals surface area (Å²) < 4.78 is 0. The minimum Gasteiger partial charge on any atom is -0.372 e. The third-order valence-electron chi connectivity index (χ3n) is 4.42. The molecule has 3 atom stereocenters. The fraction of sp³-hybridized carbons (Fsp3) is 0.304. The number of hydroxylamine groups is 1. The summed E-state index contributed by atoms with van der Waals surface area (Å²) in [5, 5.41) is 24.1. The van der Waals surface area contributed by atoms with Crippen molar-refractivity contribution in [2.45, 2.75) is 32.2 Å². The smallest absolute Gasteiger partial charge is 0.266 e. The molecule has 0 saturated heterocycles. The lowest BCUT2D eigenvalue weighted by Gasteiger charge is -2.17. The van der Waals surface area contributed by atoms with Crippen LogP contribution in [0.2, 0.25) is 0 Å². The van der Waals surface area contributed by atoms with Crippen LogP contribution < -0.4 is 21.8 Å². The summed E-state index contributed by atoms with van der Waals surface area (Å²) in [7, 11) is 0. The Hall–Kier alpha value is -3.03. The number of anilines is 1. The minimum absolute atomic E-state index is 0.358. The first-order valence-corrected chi connectivity index (χ1v) is 11.2. The summed E-state index contributed by atoms with van der Waals surface area (Å²) in [4.78, 5) is 24.2. The second-order valence-electron chi connectivity index (χ2n) is 7.01. The minimum atomic E-state index is -0.832. The van der Waals surface area contributed by atoms with Crippen LogP contribution in [0.15, 0.2) is 48.5 Å². The van der Waals surface area contributed by atoms with Crippen molar-refractivity contribution in [2.75, 3.05) is 16.8 Å². The Bertz CT molecular complexity index is 953. The van der Waals surface area contributed by atoms with Crippen LogP contribution in [0.1, 0.15) is 35.3 Å². The van der Waals surface area contributed by atoms with Crippen LogP contribution >= 0.6 is 11.8 Å². The van der Waals surface area contributed by atoms with Crippen LogP contribution in [0.3, 0.4) is 0 Å². The van der Waals surface area contributed by atoms with Gasteiger partial charge in [0.2, 0.25) is 0 Å². The Morgan fingerprint density at radius 2 is 1.62 bits per heavy atom. The summed E-state index contributed by atoms with van der Waals surface area (Å²) in [6, 6.07) is 12.7. The fourth-order valence-electron chi connectivity index (χ4n) is 2.54. The SMILES string of the molecule is CCSC[C@H](NC(=O)c1ccc(C#Cc2ccc(NC(O)[C@H](C)N)cc2)cc1)C(=O)NO. The van der Waals surface area contributed by atoms with E-state index in [0.29, 0.717) is 11.3 Å². The first-order valence-electron chi connectivity index (χ1n) is 10.1. The second kappa shape index (κ2) is 12.7. The van der Waals surface area contributed by atoms with Crippen molar-refractivity contribution in [1.29, 1.82) is 0 Å². The molecule has 8 nitrogen and oxygen atoms in total. The Morgan fingerprint density at radius 3 is 2.12 bits per heavy atom. The number of thioether (sulfide) groups is 1. The van der Waals surface area contributed by atoms with Gasteiger partial charge in [-0.15, -0.1) is 0 Å². The van der Waals surface area contributed by atoms with Crippen molar-refractivity contribution in [1.82, 2.24) is 10.8 Å². The number of carbonyl (C=O) groups excluding carboxylic acids is 2. The van der Waals surface area contributed by atoms with Gasteiger partial charge in [0.25, 0.3) is 11.8 Å². The molecule has 2 aromatic rings. The number of aliphatic hydroxyl groups excluding tert-OH is 1. The van der Waals surface area contributed by atoms with Crippen molar-refractivity contribution in [3.8, 4) is 11.8 Å². The molecule has 7 N–H and O–H groups in total. The van der Waals surface area contributed by atoms with E-state index in [1.807, 2.05) is 19.1 Å². The van der Waals surface area contributed by atoms with E-state index in [-0.39, 0.29) is 0 Å². The fourth-order valence-corrected chi connectivity index (χ4v) is 3.25. The summed E-state index contributed by atoms with van der Waals surface area (Å²) in [5.41, 5.74) is 9.85. The largest absolute Gasteiger partial charge is 0.372 e. The lowest BCUT2D eigenvalue weighted by atomic mass is 10.1. The molecule has 2 rings (SSSR count). The number of benzene rings is 2. The molecule has 32 heavy (non-hydrogen) atoms. The maximum Gasteiger partial charge on any atom is 0.266 e. The zero-order valence-corrected chi connectivity index (χ0v) is 18.8. The molecule has 0 bridgehead atoms. The highest BCUT2D eigenvalue weighted by Crippen LogP contribution is 2.11. The van der Waals surface area contributed by atoms with Gasteiger partial charge in [0.15, 0.2) is 0 Å². The van der Waals surface area contributed by atoms with Crippen LogP contribution in [-0.2, 0) is 4.79 Å². The number of nitrogens with two attached hydrogens (primary N) is 1. The Kier molecular flexibility index (Phi) is 10.0. The highest BCUT2D eigenvalue weighted by Gasteiger charge is 2.20. The van der Waals surface area contributed by atoms with E-state index in [9.17, 15) is 14.7 Å². The van der Waals surface area contributed by atoms with Gasteiger partial charge in [0.1, 0.15) is 12.3 Å². The lowest BCUT2D eigenvalue weighted by Crippen LogP contribution is -2.47. The third kappa shape index (κ3) is 7.90. The van der Waals surface area contributed by atoms with Gasteiger partial charge in [-0.05, 0) is 61.2 Å². The van der Waals surface area contributed by atoms with Gasteiger partial charge in [-0.3, -0.25) is 14.8 Å². The number of hydrogen-bond donors (Lipinski definition) is 6. The molecular weight excluding hydrogens is 428 g/mol. The predicted octanol–water partition coefficient (Wildman–Crippen LogP) is 1.52. The molecule has 0 aromatic heterocycles. The van der Waals surface area contributed by atoms with Crippen LogP contribution in [0, 0.1) is 11.8 Å². The number of rotatable bonds is 9. The monoisotopic (exact) mass is 456 g/mol. The van der Waals surface area contributed by atoms with Gasteiger partial charge >= 0.3 is 0 Å². The Labute approximate surface area is 191 Å². The molecule has 1 unspecified atom stereocenters. The second-order valence-corrected chi connectivity index (χ2v) is 8.33. The van der Waals surface area contributed by atoms with Gasteiger partial charge in [0.05, 0.1) is 0 Å². The van der Waals surface area contributed by atoms with Crippen molar-refractivity contribution in [2.24, 2.45) is 5.73 Å². The van der Waals surface area contributed by atoms with Crippen LogP contribution in [-0.4, -0.2) is 51.9 Å². The first kappa shape index (κ1) is 25.2. The number of aliphatic hydroxyl groups is 1. The summed E-state index contributed by atoms with van der Waals surface area (Å²) in [5.74, 6) is 6.15. The molecule has 0 aliphatic carbocycles. The van der Waals surface area contributed by atoms with Crippen LogP contribution in [0.5, 0.6) is 0 Å². The quantitative estimate of drug-likeness (QED) is 0.146. The first-order chi connectivity index (χ1) is 15.3. The maximum atomic E-state index is 12.4. The third-order valence-corrected chi connectivity index (χ3v) is 5.39. The van der Waals surface area contributed by atoms with Gasteiger partial charge in [-0.2, -0.15) is 11.8 Å². The molecular formula is C23H28N4O4S. The average Bonchev–Trinajstić information content (AvgIpc) is 2.80. The lowest BCUT2D eigenvalue weighted by molar-refractivity contribution is -0.130. The molecule has 0 spiro atoms. The number of carbonyl (C=O) groups is 2. The van der Waals surface area contributed by atoms with Crippen molar-refractivity contribution >= 4 is 29.3 Å². The van der Waals surface area contributed by atoms with Gasteiger partial charge in [-0.25, -0.2) is 5.48 Å². The molecule has 0 aliphatic heterocycles. The molecule has 0 aliphatic rings. The Balaban J connectivity index is 2.00. The number of amides is 2. The van der Waals surface area contributed by atoms with Crippen molar-refractivity contribution in [3.63, 3.8) is 0 Å². The summed E-state index contributed by atoms with van der Waals surface area (Å²) in [6.07, 6.45) is -0.832. The molecule has 0 radical (unpaired) electrons. The topological polar surface area (TPSA) is 137 Å². The molecule has 170 valence electrons. The summed E-state index contributed by atoms with van der Waals surface area (Å²) in [6.45, 7) is 3.65. The molecule has 0 heterocycles. The normalized spacial score (nSPS) is 13.2. The average molecular weight is 457 g/mol. The molecule has 9 heteroatoms. The van der Waals surface area contributed by atoms with Crippen molar-refractivity contribution in [3.05, 3.63) is 65.2 Å². The van der Waals surface area contributed by atoms with E-state index >= 15 is 0 Å². The van der Waals surface area contributed by atoms with E-state index in [4.69, 9.17) is 10.9 Å². The van der Waals surface area contributed by atoms with Gasteiger partial charge in [-0.1, -0.05) is 18.8 Å². The Morgan fingerprint density at radius 1 is 1.06 bits per heavy atom. The number of hydrogen-bond acceptors (Lipinski definition) is 7. The van der Waals surface area contributed by atoms with E-state index in [1.165, 1.54) is 11.8 Å². The van der Waals surface area contributed by atoms with Crippen molar-refractivity contribution < 1.29 is 19.9 Å². The predicted molar refractivity (Wildman–Crippen MR) is 126 cm³/mol. The zero-order valence-electron chi connectivity index (χ0n) is 18.0. The standard InChI is InChI=1S/C23H28N4O4S/c1-3-32-14-20(23(30)27-31)26-22(29)18-10-6-16(7-11-18)4-5-17-8-12-19(13-9-17)25-21(28)15(2)24/h6-13,15,20-21,25,28,31H,3,14,24H2,1-2H3,(H,26,29)(H,27,30)/t15-,20-,21?/m0/s1. The van der Waals surface area contributed by atoms with Crippen LogP contribution in [0.25, 0.3) is 0 Å². The van der Waals surface area contributed by atoms with E-state index in [0.717, 1.165) is 22.6 Å². The molecule has 0 saturated carbocycles. The van der Waals surface area contributed by atoms with Gasteiger partial charge in [0, 0.05) is 34.2 Å². The highest BCUT2D eigenvalue weighted by molar-refractivity contribution is 7.99. The van der Waals surface area contributed by atoms with Gasteiger partial charge < -0.3 is 21.5 Å². The molecule has 2 aromatic carbocycles. The van der Waals surface area contributed by atoms with E-state index in [1.54, 1.807) is 48.8 Å². The van der Waals surface area contributed by atoms with E-state index < -0.39 is 30.1 Å². The van der Waals surface area contributed by atoms with Crippen LogP contribution in [0.4, 0.5) is 5.69 Å².